The first kappa shape index (κ1) is 10.3. The summed E-state index contributed by atoms with van der Waals surface area (Å²) in [7, 11) is 0. The highest BCUT2D eigenvalue weighted by atomic mass is 16.4. The molecule has 0 saturated heterocycles. The van der Waals surface area contributed by atoms with Crippen LogP contribution in [0.5, 0.6) is 0 Å². The minimum atomic E-state index is -1.82. The molecule has 1 rings (SSSR count). The van der Waals surface area contributed by atoms with Crippen molar-refractivity contribution in [2.45, 2.75) is 6.92 Å². The molecule has 0 unspecified atom stereocenters. The van der Waals surface area contributed by atoms with Crippen LogP contribution < -0.4 is 10.6 Å². The van der Waals surface area contributed by atoms with Crippen molar-refractivity contribution >= 4 is 11.9 Å². The van der Waals surface area contributed by atoms with E-state index in [-0.39, 0.29) is 0 Å². The Bertz CT molecular complexity index is 200. The molecule has 1 heterocycles. The minimum Gasteiger partial charge on any atom is -0.473 e. The molecule has 0 atom stereocenters. The van der Waals surface area contributed by atoms with Gasteiger partial charge in [-0.1, -0.05) is 0 Å². The summed E-state index contributed by atoms with van der Waals surface area (Å²) >= 11 is 0. The van der Waals surface area contributed by atoms with E-state index in [0.717, 1.165) is 6.67 Å². The fourth-order valence-corrected chi connectivity index (χ4v) is 0.446. The molecule has 6 nitrogen and oxygen atoms in total. The molecule has 0 aromatic heterocycles. The van der Waals surface area contributed by atoms with Crippen molar-refractivity contribution in [3.8, 4) is 0 Å². The lowest BCUT2D eigenvalue weighted by Crippen LogP contribution is -2.12. The maximum absolute atomic E-state index is 9.10. The second-order valence-electron chi connectivity index (χ2n) is 2.00. The van der Waals surface area contributed by atoms with Crippen LogP contribution in [0.3, 0.4) is 0 Å². The average molecular weight is 174 g/mol. The Labute approximate surface area is 68.9 Å². The fraction of sp³-hybridized carbons (Fsp3) is 0.333. The number of carboxylic acid groups (broad SMARTS) is 2. The predicted octanol–water partition coefficient (Wildman–Crippen LogP) is -0.846. The molecule has 0 aromatic carbocycles. The lowest BCUT2D eigenvalue weighted by molar-refractivity contribution is -0.159. The zero-order valence-electron chi connectivity index (χ0n) is 6.50. The summed E-state index contributed by atoms with van der Waals surface area (Å²) in [5.41, 5.74) is 1.22. The van der Waals surface area contributed by atoms with E-state index in [1.807, 2.05) is 13.1 Å². The van der Waals surface area contributed by atoms with E-state index in [2.05, 4.69) is 10.6 Å². The van der Waals surface area contributed by atoms with Crippen LogP contribution in [0.25, 0.3) is 0 Å². The summed E-state index contributed by atoms with van der Waals surface area (Å²) in [6.07, 6.45) is 1.96. The molecule has 0 bridgehead atoms. The van der Waals surface area contributed by atoms with Crippen molar-refractivity contribution in [1.82, 2.24) is 10.6 Å². The summed E-state index contributed by atoms with van der Waals surface area (Å²) in [6.45, 7) is 2.92. The van der Waals surface area contributed by atoms with Crippen molar-refractivity contribution in [3.05, 3.63) is 11.9 Å². The largest absolute Gasteiger partial charge is 0.473 e. The van der Waals surface area contributed by atoms with Crippen molar-refractivity contribution < 1.29 is 19.8 Å². The van der Waals surface area contributed by atoms with Crippen molar-refractivity contribution in [2.75, 3.05) is 6.67 Å². The standard InChI is InChI=1S/C4H8N2.C2H2O4/c1-4-2-5-3-6-4;3-1(4)2(5)6/h2,5-6H,3H2,1H3;(H,3,4)(H,5,6). The molecule has 0 saturated carbocycles. The fourth-order valence-electron chi connectivity index (χ4n) is 0.446. The summed E-state index contributed by atoms with van der Waals surface area (Å²) in [5, 5.41) is 20.9. The first-order valence-electron chi connectivity index (χ1n) is 3.14. The number of carboxylic acids is 2. The van der Waals surface area contributed by atoms with E-state index in [9.17, 15) is 0 Å². The molecule has 6 heteroatoms. The number of allylic oxidation sites excluding steroid dienone is 1. The number of carbonyl (C=O) groups is 2. The molecule has 1 aliphatic rings. The highest BCUT2D eigenvalue weighted by Gasteiger charge is 2.04. The van der Waals surface area contributed by atoms with Gasteiger partial charge >= 0.3 is 11.9 Å². The molecule has 0 spiro atoms. The second-order valence-corrected chi connectivity index (χ2v) is 2.00. The summed E-state index contributed by atoms with van der Waals surface area (Å²) in [6, 6.07) is 0. The number of hydrogen-bond donors (Lipinski definition) is 4. The Balaban J connectivity index is 0.000000202. The maximum Gasteiger partial charge on any atom is 0.414 e. The molecular weight excluding hydrogens is 164 g/mol. The van der Waals surface area contributed by atoms with Crippen LogP contribution in [0.15, 0.2) is 11.9 Å². The molecule has 0 radical (unpaired) electrons. The molecule has 1 aliphatic heterocycles. The molecule has 4 N–H and O–H groups in total. The van der Waals surface area contributed by atoms with Gasteiger partial charge in [-0.05, 0) is 6.92 Å². The monoisotopic (exact) mass is 174 g/mol. The zero-order valence-corrected chi connectivity index (χ0v) is 6.50. The number of aliphatic carboxylic acids is 2. The first-order chi connectivity index (χ1) is 5.54. The maximum atomic E-state index is 9.10. The van der Waals surface area contributed by atoms with Crippen molar-refractivity contribution in [1.29, 1.82) is 0 Å². The van der Waals surface area contributed by atoms with E-state index in [4.69, 9.17) is 19.8 Å². The normalized spacial score (nSPS) is 12.9. The SMILES string of the molecule is CC1=CNCN1.O=C(O)C(=O)O. The lowest BCUT2D eigenvalue weighted by atomic mass is 10.6. The summed E-state index contributed by atoms with van der Waals surface area (Å²) in [4.78, 5) is 18.2. The molecule has 0 aromatic rings. The highest BCUT2D eigenvalue weighted by Crippen LogP contribution is 1.85. The van der Waals surface area contributed by atoms with Crippen LogP contribution in [0.1, 0.15) is 6.92 Å². The number of hydrogen-bond acceptors (Lipinski definition) is 4. The third-order valence-corrected chi connectivity index (χ3v) is 0.971. The topological polar surface area (TPSA) is 98.7 Å². The Morgan fingerprint density at radius 3 is 2.00 bits per heavy atom. The van der Waals surface area contributed by atoms with E-state index in [1.54, 1.807) is 0 Å². The highest BCUT2D eigenvalue weighted by molar-refractivity contribution is 6.27. The zero-order chi connectivity index (χ0) is 9.56. The van der Waals surface area contributed by atoms with Crippen LogP contribution in [0, 0.1) is 0 Å². The summed E-state index contributed by atoms with van der Waals surface area (Å²) < 4.78 is 0. The molecular formula is C6H10N2O4. The Hall–Kier alpha value is -1.72. The van der Waals surface area contributed by atoms with Crippen LogP contribution in [-0.2, 0) is 9.59 Å². The second kappa shape index (κ2) is 5.00. The van der Waals surface area contributed by atoms with E-state index in [0.29, 0.717) is 0 Å². The van der Waals surface area contributed by atoms with E-state index in [1.165, 1.54) is 5.70 Å². The van der Waals surface area contributed by atoms with Gasteiger partial charge in [0.15, 0.2) is 0 Å². The van der Waals surface area contributed by atoms with Gasteiger partial charge in [0.25, 0.3) is 0 Å². The van der Waals surface area contributed by atoms with E-state index >= 15 is 0 Å². The van der Waals surface area contributed by atoms with Gasteiger partial charge in [-0.25, -0.2) is 9.59 Å². The van der Waals surface area contributed by atoms with Crippen LogP contribution in [0.2, 0.25) is 0 Å². The molecule has 0 fully saturated rings. The van der Waals surface area contributed by atoms with Gasteiger partial charge in [0, 0.05) is 11.9 Å². The van der Waals surface area contributed by atoms with Gasteiger partial charge < -0.3 is 20.8 Å². The smallest absolute Gasteiger partial charge is 0.414 e. The van der Waals surface area contributed by atoms with Crippen molar-refractivity contribution in [3.63, 3.8) is 0 Å². The lowest BCUT2D eigenvalue weighted by Gasteiger charge is -1.88. The number of rotatable bonds is 0. The van der Waals surface area contributed by atoms with Crippen LogP contribution in [-0.4, -0.2) is 28.8 Å². The van der Waals surface area contributed by atoms with Gasteiger partial charge in [-0.2, -0.15) is 0 Å². The molecule has 68 valence electrons. The van der Waals surface area contributed by atoms with Gasteiger partial charge in [0.2, 0.25) is 0 Å². The number of nitrogens with one attached hydrogen (secondary N) is 2. The third kappa shape index (κ3) is 5.10. The molecule has 12 heavy (non-hydrogen) atoms. The van der Waals surface area contributed by atoms with Gasteiger partial charge in [0.1, 0.15) is 0 Å². The van der Waals surface area contributed by atoms with Gasteiger partial charge in [0.05, 0.1) is 6.67 Å². The Morgan fingerprint density at radius 2 is 1.92 bits per heavy atom. The quantitative estimate of drug-likeness (QED) is 0.357. The van der Waals surface area contributed by atoms with Crippen LogP contribution >= 0.6 is 0 Å². The molecule has 0 aliphatic carbocycles. The minimum absolute atomic E-state index is 0.895. The first-order valence-corrected chi connectivity index (χ1v) is 3.14. The molecule has 0 amide bonds. The van der Waals surface area contributed by atoms with E-state index < -0.39 is 11.9 Å². The van der Waals surface area contributed by atoms with Crippen LogP contribution in [0.4, 0.5) is 0 Å². The third-order valence-electron chi connectivity index (χ3n) is 0.971. The predicted molar refractivity (Wildman–Crippen MR) is 40.2 cm³/mol. The summed E-state index contributed by atoms with van der Waals surface area (Å²) in [5.74, 6) is -3.65. The van der Waals surface area contributed by atoms with Gasteiger partial charge in [-0.3, -0.25) is 0 Å². The Kier molecular flexibility index (Phi) is 4.28. The van der Waals surface area contributed by atoms with Gasteiger partial charge in [-0.15, -0.1) is 0 Å². The Morgan fingerprint density at radius 1 is 1.42 bits per heavy atom. The van der Waals surface area contributed by atoms with Crippen molar-refractivity contribution in [2.24, 2.45) is 0 Å². The average Bonchev–Trinajstić information content (AvgIpc) is 2.40.